The molecule has 0 amide bonds. The third-order valence-electron chi connectivity index (χ3n) is 6.88. The second kappa shape index (κ2) is 10.2. The Morgan fingerprint density at radius 1 is 0.600 bits per heavy atom. The van der Waals surface area contributed by atoms with Crippen LogP contribution in [0.1, 0.15) is 93.9 Å². The highest BCUT2D eigenvalue weighted by molar-refractivity contribution is 5.19. The first-order valence-electron chi connectivity index (χ1n) is 10.4. The van der Waals surface area contributed by atoms with Crippen molar-refractivity contribution in [2.24, 2.45) is 5.41 Å². The summed E-state index contributed by atoms with van der Waals surface area (Å²) in [7, 11) is 0. The smallest absolute Gasteiger partial charge is 0.0810 e. The number of aliphatic hydroxyl groups is 2. The maximum atomic E-state index is 11.9. The lowest BCUT2D eigenvalue weighted by Crippen LogP contribution is -2.74. The van der Waals surface area contributed by atoms with Crippen molar-refractivity contribution in [2.45, 2.75) is 111 Å². The van der Waals surface area contributed by atoms with Crippen molar-refractivity contribution >= 4 is 0 Å². The standard InChI is InChI=1S/C21H44O4/c1-9-18(23,10-2)21(17-22,19(11-3,12-4)24-15-7)20(13-5,14-6)25-16-8/h22-23H,9-17H2,1-8H3. The van der Waals surface area contributed by atoms with Gasteiger partial charge in [0.2, 0.25) is 0 Å². The summed E-state index contributed by atoms with van der Waals surface area (Å²) in [5.41, 5.74) is -3.30. The van der Waals surface area contributed by atoms with Gasteiger partial charge in [0.1, 0.15) is 0 Å². The second-order valence-corrected chi connectivity index (χ2v) is 7.07. The van der Waals surface area contributed by atoms with E-state index in [4.69, 9.17) is 9.47 Å². The summed E-state index contributed by atoms with van der Waals surface area (Å²) in [6.07, 6.45) is 3.97. The van der Waals surface area contributed by atoms with Gasteiger partial charge in [-0.3, -0.25) is 0 Å². The van der Waals surface area contributed by atoms with E-state index < -0.39 is 22.2 Å². The maximum Gasteiger partial charge on any atom is 0.0810 e. The van der Waals surface area contributed by atoms with Crippen LogP contribution < -0.4 is 0 Å². The van der Waals surface area contributed by atoms with Crippen molar-refractivity contribution in [3.63, 3.8) is 0 Å². The van der Waals surface area contributed by atoms with Gasteiger partial charge in [-0.1, -0.05) is 41.5 Å². The van der Waals surface area contributed by atoms with Crippen LogP contribution in [0.15, 0.2) is 0 Å². The Morgan fingerprint density at radius 3 is 1.08 bits per heavy atom. The van der Waals surface area contributed by atoms with Crippen molar-refractivity contribution in [1.29, 1.82) is 0 Å². The predicted octanol–water partition coefficient (Wildman–Crippen LogP) is 4.71. The number of hydrogen-bond acceptors (Lipinski definition) is 4. The topological polar surface area (TPSA) is 58.9 Å². The first-order valence-corrected chi connectivity index (χ1v) is 10.4. The Labute approximate surface area is 156 Å². The van der Waals surface area contributed by atoms with Crippen LogP contribution in [0, 0.1) is 5.41 Å². The fourth-order valence-electron chi connectivity index (χ4n) is 5.47. The van der Waals surface area contributed by atoms with Gasteiger partial charge in [0.25, 0.3) is 0 Å². The minimum absolute atomic E-state index is 0.158. The van der Waals surface area contributed by atoms with Crippen LogP contribution in [0.4, 0.5) is 0 Å². The zero-order valence-corrected chi connectivity index (χ0v) is 18.1. The van der Waals surface area contributed by atoms with E-state index in [9.17, 15) is 10.2 Å². The molecule has 4 nitrogen and oxygen atoms in total. The lowest BCUT2D eigenvalue weighted by molar-refractivity contribution is -0.318. The molecule has 4 heteroatoms. The summed E-state index contributed by atoms with van der Waals surface area (Å²) in [6.45, 7) is 17.3. The Bertz CT molecular complexity index is 333. The highest BCUT2D eigenvalue weighted by atomic mass is 16.5. The average molecular weight is 361 g/mol. The van der Waals surface area contributed by atoms with Gasteiger partial charge in [-0.2, -0.15) is 0 Å². The molecule has 0 aliphatic heterocycles. The monoisotopic (exact) mass is 360 g/mol. The van der Waals surface area contributed by atoms with E-state index in [1.807, 2.05) is 27.7 Å². The minimum atomic E-state index is -1.08. The highest BCUT2D eigenvalue weighted by Gasteiger charge is 2.69. The first kappa shape index (κ1) is 24.8. The summed E-state index contributed by atoms with van der Waals surface area (Å²) in [6, 6.07) is 0. The molecule has 0 heterocycles. The van der Waals surface area contributed by atoms with E-state index in [1.54, 1.807) is 0 Å². The van der Waals surface area contributed by atoms with Crippen LogP contribution in [0.25, 0.3) is 0 Å². The molecule has 0 bridgehead atoms. The third kappa shape index (κ3) is 3.65. The summed E-state index contributed by atoms with van der Waals surface area (Å²) < 4.78 is 12.8. The first-order chi connectivity index (χ1) is 11.8. The molecule has 0 radical (unpaired) electrons. The van der Waals surface area contributed by atoms with Crippen LogP contribution >= 0.6 is 0 Å². The van der Waals surface area contributed by atoms with E-state index >= 15 is 0 Å². The van der Waals surface area contributed by atoms with Crippen LogP contribution in [-0.4, -0.2) is 46.8 Å². The number of rotatable bonds is 14. The van der Waals surface area contributed by atoms with Crippen molar-refractivity contribution in [3.05, 3.63) is 0 Å². The molecule has 0 aliphatic carbocycles. The second-order valence-electron chi connectivity index (χ2n) is 7.07. The fourth-order valence-corrected chi connectivity index (χ4v) is 5.47. The number of ether oxygens (including phenoxy) is 2. The molecule has 152 valence electrons. The van der Waals surface area contributed by atoms with E-state index in [1.165, 1.54) is 0 Å². The summed E-state index contributed by atoms with van der Waals surface area (Å²) in [4.78, 5) is 0. The molecule has 0 saturated carbocycles. The largest absolute Gasteiger partial charge is 0.395 e. The summed E-state index contributed by atoms with van der Waals surface area (Å²) in [5, 5.41) is 22.8. The van der Waals surface area contributed by atoms with Crippen molar-refractivity contribution in [3.8, 4) is 0 Å². The van der Waals surface area contributed by atoms with E-state index in [0.29, 0.717) is 26.1 Å². The van der Waals surface area contributed by atoms with Gasteiger partial charge < -0.3 is 19.7 Å². The van der Waals surface area contributed by atoms with Gasteiger partial charge >= 0.3 is 0 Å². The molecule has 25 heavy (non-hydrogen) atoms. The molecular weight excluding hydrogens is 316 g/mol. The maximum absolute atomic E-state index is 11.9. The molecular formula is C21H44O4. The highest BCUT2D eigenvalue weighted by Crippen LogP contribution is 2.59. The molecule has 0 aliphatic rings. The molecule has 0 aromatic rings. The predicted molar refractivity (Wildman–Crippen MR) is 105 cm³/mol. The van der Waals surface area contributed by atoms with Gasteiger partial charge in [-0.05, 0) is 52.4 Å². The molecule has 0 saturated heterocycles. The number of aliphatic hydroxyl groups excluding tert-OH is 1. The normalized spacial score (nSPS) is 14.2. The zero-order chi connectivity index (χ0) is 19.8. The Morgan fingerprint density at radius 2 is 0.920 bits per heavy atom. The average Bonchev–Trinajstić information content (AvgIpc) is 2.66. The summed E-state index contributed by atoms with van der Waals surface area (Å²) in [5.74, 6) is 0. The Balaban J connectivity index is 7.06. The lowest BCUT2D eigenvalue weighted by atomic mass is 9.49. The van der Waals surface area contributed by atoms with E-state index in [-0.39, 0.29) is 6.61 Å². The van der Waals surface area contributed by atoms with Crippen molar-refractivity contribution in [1.82, 2.24) is 0 Å². The molecule has 2 N–H and O–H groups in total. The lowest BCUT2D eigenvalue weighted by Gasteiger charge is -2.64. The van der Waals surface area contributed by atoms with Gasteiger partial charge in [0, 0.05) is 13.2 Å². The van der Waals surface area contributed by atoms with E-state index in [0.717, 1.165) is 25.7 Å². The molecule has 0 fully saturated rings. The number of hydrogen-bond donors (Lipinski definition) is 2. The van der Waals surface area contributed by atoms with Gasteiger partial charge in [0.05, 0.1) is 28.8 Å². The van der Waals surface area contributed by atoms with Gasteiger partial charge in [-0.15, -0.1) is 0 Å². The van der Waals surface area contributed by atoms with Crippen LogP contribution in [0.3, 0.4) is 0 Å². The van der Waals surface area contributed by atoms with Gasteiger partial charge in [-0.25, -0.2) is 0 Å². The van der Waals surface area contributed by atoms with Gasteiger partial charge in [0.15, 0.2) is 0 Å². The molecule has 0 rings (SSSR count). The Kier molecular flexibility index (Phi) is 10.2. The van der Waals surface area contributed by atoms with Crippen LogP contribution in [0.2, 0.25) is 0 Å². The fraction of sp³-hybridized carbons (Fsp3) is 1.00. The zero-order valence-electron chi connectivity index (χ0n) is 18.1. The Hall–Kier alpha value is -0.160. The van der Waals surface area contributed by atoms with Crippen LogP contribution in [0.5, 0.6) is 0 Å². The van der Waals surface area contributed by atoms with Crippen molar-refractivity contribution < 1.29 is 19.7 Å². The summed E-state index contributed by atoms with van der Waals surface area (Å²) >= 11 is 0. The SMILES string of the molecule is CCOC(CC)(CC)C(CO)(C(O)(CC)CC)C(CC)(CC)OCC. The van der Waals surface area contributed by atoms with Crippen LogP contribution in [-0.2, 0) is 9.47 Å². The third-order valence-corrected chi connectivity index (χ3v) is 6.88. The minimum Gasteiger partial charge on any atom is -0.395 e. The molecule has 0 aromatic carbocycles. The molecule has 0 atom stereocenters. The quantitative estimate of drug-likeness (QED) is 0.471. The van der Waals surface area contributed by atoms with Crippen molar-refractivity contribution in [2.75, 3.05) is 19.8 Å². The molecule has 0 spiro atoms. The molecule has 0 unspecified atom stereocenters. The molecule has 0 aromatic heterocycles. The van der Waals surface area contributed by atoms with E-state index in [2.05, 4.69) is 27.7 Å².